The first-order valence-electron chi connectivity index (χ1n) is 11.6. The number of aromatic nitrogens is 1. The third kappa shape index (κ3) is 7.74. The number of ether oxygens (including phenoxy) is 3. The summed E-state index contributed by atoms with van der Waals surface area (Å²) in [5, 5.41) is 3.28. The fourth-order valence-electron chi connectivity index (χ4n) is 4.28. The number of primary amides is 1. The zero-order chi connectivity index (χ0) is 25.6. The van der Waals surface area contributed by atoms with Gasteiger partial charge in [0.15, 0.2) is 0 Å². The average molecular weight is 496 g/mol. The number of anilines is 1. The summed E-state index contributed by atoms with van der Waals surface area (Å²) in [5.74, 6) is 0.318. The molecule has 2 heterocycles. The van der Waals surface area contributed by atoms with Crippen LogP contribution in [0.5, 0.6) is 5.75 Å². The van der Waals surface area contributed by atoms with Gasteiger partial charge in [-0.25, -0.2) is 9.78 Å². The van der Waals surface area contributed by atoms with Crippen molar-refractivity contribution >= 4 is 11.9 Å². The minimum Gasteiger partial charge on any atom is -0.489 e. The Morgan fingerprint density at radius 1 is 1.26 bits per heavy atom. The van der Waals surface area contributed by atoms with E-state index in [1.807, 2.05) is 13.8 Å². The van der Waals surface area contributed by atoms with E-state index < -0.39 is 23.4 Å². The molecule has 0 saturated carbocycles. The van der Waals surface area contributed by atoms with E-state index in [9.17, 15) is 18.0 Å². The van der Waals surface area contributed by atoms with Crippen molar-refractivity contribution in [2.45, 2.75) is 57.9 Å². The van der Waals surface area contributed by atoms with Gasteiger partial charge in [0.25, 0.3) is 0 Å². The monoisotopic (exact) mass is 495 g/mol. The number of hydrogen-bond acceptors (Lipinski definition) is 6. The summed E-state index contributed by atoms with van der Waals surface area (Å²) in [6, 6.07) is 7.36. The van der Waals surface area contributed by atoms with Crippen molar-refractivity contribution in [3.05, 3.63) is 42.1 Å². The number of halogens is 3. The largest absolute Gasteiger partial charge is 0.489 e. The van der Waals surface area contributed by atoms with E-state index in [2.05, 4.69) is 10.3 Å². The normalized spacial score (nSPS) is 18.1. The third-order valence-electron chi connectivity index (χ3n) is 5.61. The smallest absolute Gasteiger partial charge is 0.419 e. The van der Waals surface area contributed by atoms with Crippen molar-refractivity contribution in [1.82, 2.24) is 4.98 Å². The molecule has 192 valence electrons. The molecule has 2 aromatic rings. The fourth-order valence-corrected chi connectivity index (χ4v) is 4.28. The number of amides is 1. The van der Waals surface area contributed by atoms with Gasteiger partial charge in [0, 0.05) is 12.8 Å². The fraction of sp³-hybridized carbons (Fsp3) is 0.520. The van der Waals surface area contributed by atoms with Crippen LogP contribution in [0.15, 0.2) is 36.5 Å². The van der Waals surface area contributed by atoms with Gasteiger partial charge in [-0.1, -0.05) is 19.9 Å². The highest BCUT2D eigenvalue weighted by Crippen LogP contribution is 2.39. The highest BCUT2D eigenvalue weighted by molar-refractivity contribution is 5.68. The van der Waals surface area contributed by atoms with Crippen molar-refractivity contribution in [2.75, 3.05) is 25.1 Å². The molecule has 1 aromatic heterocycles. The predicted molar refractivity (Wildman–Crippen MR) is 126 cm³/mol. The molecule has 1 saturated heterocycles. The molecule has 1 aromatic carbocycles. The molecule has 1 aliphatic rings. The lowest BCUT2D eigenvalue weighted by Gasteiger charge is -2.30. The summed E-state index contributed by atoms with van der Waals surface area (Å²) < 4.78 is 58.0. The number of carbonyl (C=O) groups excluding carboxylic acids is 1. The van der Waals surface area contributed by atoms with Gasteiger partial charge in [-0.3, -0.25) is 0 Å². The Labute approximate surface area is 203 Å². The van der Waals surface area contributed by atoms with Crippen molar-refractivity contribution in [3.8, 4) is 16.9 Å². The first-order chi connectivity index (χ1) is 16.4. The number of alkyl halides is 3. The molecule has 1 amide bonds. The Hall–Kier alpha value is -3.01. The Balaban J connectivity index is 1.84. The van der Waals surface area contributed by atoms with Crippen LogP contribution in [0.4, 0.5) is 23.8 Å². The molecule has 3 rings (SSSR count). The molecule has 0 spiro atoms. The number of nitrogens with two attached hydrogens (primary N) is 1. The number of nitrogens with one attached hydrogen (secondary N) is 1. The van der Waals surface area contributed by atoms with E-state index in [0.29, 0.717) is 30.0 Å². The minimum atomic E-state index is -4.65. The van der Waals surface area contributed by atoms with Crippen LogP contribution in [0.3, 0.4) is 0 Å². The standard InChI is InChI=1S/C25H32F3N3O4/c1-16(2)13-24(3,35-23(29)32)15-34-21-7-6-17(11-20(21)25(26,27)28)18-8-9-30-22(12-18)31-19-5-4-10-33-14-19/h6-9,11-12,16,19H,4-5,10,13-15H2,1-3H3,(H2,29,32)(H,30,31)/t19?,24-/m0/s1. The lowest BCUT2D eigenvalue weighted by molar-refractivity contribution is -0.139. The number of rotatable bonds is 9. The third-order valence-corrected chi connectivity index (χ3v) is 5.61. The second-order valence-electron chi connectivity index (χ2n) is 9.45. The lowest BCUT2D eigenvalue weighted by Crippen LogP contribution is -2.41. The van der Waals surface area contributed by atoms with Crippen LogP contribution in [0.1, 0.15) is 45.6 Å². The zero-order valence-electron chi connectivity index (χ0n) is 20.2. The zero-order valence-corrected chi connectivity index (χ0v) is 20.2. The second kappa shape index (κ2) is 11.2. The van der Waals surface area contributed by atoms with Gasteiger partial charge in [-0.15, -0.1) is 0 Å². The molecule has 0 bridgehead atoms. The van der Waals surface area contributed by atoms with Crippen LogP contribution in [0.2, 0.25) is 0 Å². The van der Waals surface area contributed by atoms with Crippen molar-refractivity contribution in [3.63, 3.8) is 0 Å². The Kier molecular flexibility index (Phi) is 8.47. The lowest BCUT2D eigenvalue weighted by atomic mass is 9.95. The van der Waals surface area contributed by atoms with Crippen LogP contribution in [0, 0.1) is 5.92 Å². The van der Waals surface area contributed by atoms with E-state index in [-0.39, 0.29) is 24.3 Å². The molecule has 1 aliphatic heterocycles. The van der Waals surface area contributed by atoms with Crippen LogP contribution in [-0.2, 0) is 15.7 Å². The molecule has 0 aliphatic carbocycles. The average Bonchev–Trinajstić information content (AvgIpc) is 2.77. The topological polar surface area (TPSA) is 95.7 Å². The molecule has 3 N–H and O–H groups in total. The van der Waals surface area contributed by atoms with Crippen molar-refractivity contribution in [1.29, 1.82) is 0 Å². The van der Waals surface area contributed by atoms with Crippen LogP contribution >= 0.6 is 0 Å². The summed E-state index contributed by atoms with van der Waals surface area (Å²) in [4.78, 5) is 15.6. The van der Waals surface area contributed by atoms with E-state index in [0.717, 1.165) is 25.5 Å². The Morgan fingerprint density at radius 2 is 2.00 bits per heavy atom. The van der Waals surface area contributed by atoms with Crippen molar-refractivity contribution < 1.29 is 32.2 Å². The van der Waals surface area contributed by atoms with Gasteiger partial charge in [0.1, 0.15) is 23.8 Å². The highest BCUT2D eigenvalue weighted by atomic mass is 19.4. The highest BCUT2D eigenvalue weighted by Gasteiger charge is 2.36. The maximum atomic E-state index is 13.9. The van der Waals surface area contributed by atoms with Gasteiger partial charge in [-0.2, -0.15) is 13.2 Å². The number of hydrogen-bond donors (Lipinski definition) is 2. The van der Waals surface area contributed by atoms with Crippen molar-refractivity contribution in [2.24, 2.45) is 11.7 Å². The molecule has 7 nitrogen and oxygen atoms in total. The Bertz CT molecular complexity index is 1010. The number of benzene rings is 1. The predicted octanol–water partition coefficient (Wildman–Crippen LogP) is 5.64. The summed E-state index contributed by atoms with van der Waals surface area (Å²) in [5.41, 5.74) is 4.02. The molecule has 35 heavy (non-hydrogen) atoms. The van der Waals surface area contributed by atoms with E-state index in [4.69, 9.17) is 19.9 Å². The minimum absolute atomic E-state index is 0.0991. The van der Waals surface area contributed by atoms with Gasteiger partial charge in [0.2, 0.25) is 0 Å². The van der Waals surface area contributed by atoms with Gasteiger partial charge in [0.05, 0.1) is 18.2 Å². The van der Waals surface area contributed by atoms with Crippen LogP contribution in [0.25, 0.3) is 11.1 Å². The van der Waals surface area contributed by atoms with Gasteiger partial charge >= 0.3 is 12.3 Å². The summed E-state index contributed by atoms with van der Waals surface area (Å²) in [7, 11) is 0. The van der Waals surface area contributed by atoms with E-state index in [1.54, 1.807) is 31.3 Å². The first kappa shape index (κ1) is 26.6. The Morgan fingerprint density at radius 3 is 2.63 bits per heavy atom. The first-order valence-corrected chi connectivity index (χ1v) is 11.6. The second-order valence-corrected chi connectivity index (χ2v) is 9.45. The van der Waals surface area contributed by atoms with Crippen LogP contribution < -0.4 is 15.8 Å². The van der Waals surface area contributed by atoms with Gasteiger partial charge in [-0.05, 0) is 67.5 Å². The SMILES string of the molecule is CC(C)C[C@@](C)(COc1ccc(-c2ccnc(NC3CCCOC3)c2)cc1C(F)(F)F)OC(N)=O. The number of nitrogens with zero attached hydrogens (tertiary/aromatic N) is 1. The molecule has 0 radical (unpaired) electrons. The molecule has 1 fully saturated rings. The van der Waals surface area contributed by atoms with Gasteiger partial charge < -0.3 is 25.3 Å². The van der Waals surface area contributed by atoms with E-state index >= 15 is 0 Å². The molecule has 10 heteroatoms. The number of carbonyl (C=O) groups is 1. The summed E-state index contributed by atoms with van der Waals surface area (Å²) in [6.07, 6.45) is -1.87. The molecular weight excluding hydrogens is 463 g/mol. The molecular formula is C25H32F3N3O4. The van der Waals surface area contributed by atoms with E-state index in [1.165, 1.54) is 6.07 Å². The van der Waals surface area contributed by atoms with Crippen LogP contribution in [-0.4, -0.2) is 42.5 Å². The maximum absolute atomic E-state index is 13.9. The number of pyridine rings is 1. The molecule has 2 atom stereocenters. The quantitative estimate of drug-likeness (QED) is 0.468. The summed E-state index contributed by atoms with van der Waals surface area (Å²) in [6.45, 7) is 6.40. The maximum Gasteiger partial charge on any atom is 0.419 e. The molecule has 1 unspecified atom stereocenters. The summed E-state index contributed by atoms with van der Waals surface area (Å²) >= 11 is 0.